The summed E-state index contributed by atoms with van der Waals surface area (Å²) in [4.78, 5) is 11.0. The lowest BCUT2D eigenvalue weighted by molar-refractivity contribution is 0.0377. The zero-order valence-electron chi connectivity index (χ0n) is 9.31. The molecule has 0 aliphatic heterocycles. The summed E-state index contributed by atoms with van der Waals surface area (Å²) in [6.07, 6.45) is -0.385. The Balaban J connectivity index is 3.19. The van der Waals surface area contributed by atoms with Crippen LogP contribution in [0, 0.1) is 5.82 Å². The fourth-order valence-corrected chi connectivity index (χ4v) is 1.70. The second-order valence-electron chi connectivity index (χ2n) is 3.67. The first-order valence-electron chi connectivity index (χ1n) is 4.74. The fraction of sp³-hybridized carbons (Fsp3) is 0.300. The molecule has 5 nitrogen and oxygen atoms in total. The van der Waals surface area contributed by atoms with Crippen molar-refractivity contribution in [3.63, 3.8) is 0 Å². The van der Waals surface area contributed by atoms with Crippen molar-refractivity contribution in [3.05, 3.63) is 29.6 Å². The van der Waals surface area contributed by atoms with Crippen LogP contribution in [0.1, 0.15) is 24.2 Å². The van der Waals surface area contributed by atoms with Crippen LogP contribution in [0.15, 0.2) is 23.1 Å². The zero-order chi connectivity index (χ0) is 13.2. The molecule has 94 valence electrons. The van der Waals surface area contributed by atoms with E-state index in [2.05, 4.69) is 0 Å². The summed E-state index contributed by atoms with van der Waals surface area (Å²) in [6.45, 7) is 3.25. The van der Waals surface area contributed by atoms with Gasteiger partial charge < -0.3 is 4.74 Å². The van der Waals surface area contributed by atoms with Crippen molar-refractivity contribution in [2.75, 3.05) is 0 Å². The van der Waals surface area contributed by atoms with Gasteiger partial charge in [-0.25, -0.2) is 22.7 Å². The van der Waals surface area contributed by atoms with E-state index < -0.39 is 26.7 Å². The second-order valence-corrected chi connectivity index (χ2v) is 5.24. The van der Waals surface area contributed by atoms with Gasteiger partial charge in [-0.3, -0.25) is 0 Å². The molecule has 0 aliphatic rings. The number of sulfonamides is 1. The molecule has 0 saturated heterocycles. The highest BCUT2D eigenvalue weighted by atomic mass is 32.2. The number of primary sulfonamides is 1. The largest absolute Gasteiger partial charge is 0.459 e. The Bertz CT molecular complexity index is 539. The Labute approximate surface area is 98.4 Å². The van der Waals surface area contributed by atoms with Crippen molar-refractivity contribution in [1.29, 1.82) is 0 Å². The molecule has 0 aromatic heterocycles. The van der Waals surface area contributed by atoms with E-state index in [9.17, 15) is 17.6 Å². The molecule has 0 saturated carbocycles. The molecule has 0 amide bonds. The average molecular weight is 261 g/mol. The molecule has 0 heterocycles. The van der Waals surface area contributed by atoms with Crippen molar-refractivity contribution in [2.24, 2.45) is 5.14 Å². The number of carbonyl (C=O) groups is 1. The molecule has 0 unspecified atom stereocenters. The normalized spacial score (nSPS) is 11.6. The Kier molecular flexibility index (Phi) is 3.84. The van der Waals surface area contributed by atoms with Crippen molar-refractivity contribution in [2.45, 2.75) is 24.8 Å². The van der Waals surface area contributed by atoms with E-state index in [1.165, 1.54) is 0 Å². The Morgan fingerprint density at radius 3 is 2.41 bits per heavy atom. The lowest BCUT2D eigenvalue weighted by Gasteiger charge is -2.08. The van der Waals surface area contributed by atoms with E-state index in [4.69, 9.17) is 9.88 Å². The SMILES string of the molecule is CC(C)OC(=O)c1cc(F)cc(S(N)(=O)=O)c1. The number of benzene rings is 1. The van der Waals surface area contributed by atoms with Gasteiger partial charge >= 0.3 is 5.97 Å². The molecule has 0 atom stereocenters. The summed E-state index contributed by atoms with van der Waals surface area (Å²) < 4.78 is 40.0. The summed E-state index contributed by atoms with van der Waals surface area (Å²) in [5, 5.41) is 4.85. The van der Waals surface area contributed by atoms with Gasteiger partial charge in [-0.2, -0.15) is 0 Å². The number of ether oxygens (including phenoxy) is 1. The number of rotatable bonds is 3. The number of halogens is 1. The first kappa shape index (κ1) is 13.6. The van der Waals surface area contributed by atoms with Gasteiger partial charge in [0.15, 0.2) is 0 Å². The molecular weight excluding hydrogens is 249 g/mol. The molecule has 2 N–H and O–H groups in total. The topological polar surface area (TPSA) is 86.5 Å². The summed E-state index contributed by atoms with van der Waals surface area (Å²) in [5.74, 6) is -1.67. The van der Waals surface area contributed by atoms with Gasteiger partial charge in [0, 0.05) is 0 Å². The van der Waals surface area contributed by atoms with Crippen LogP contribution in [0.5, 0.6) is 0 Å². The van der Waals surface area contributed by atoms with E-state index >= 15 is 0 Å². The third-order valence-corrected chi connectivity index (χ3v) is 2.67. The van der Waals surface area contributed by atoms with Gasteiger partial charge in [-0.15, -0.1) is 0 Å². The number of esters is 1. The minimum absolute atomic E-state index is 0.192. The van der Waals surface area contributed by atoms with E-state index in [1.807, 2.05) is 0 Å². The number of hydrogen-bond donors (Lipinski definition) is 1. The van der Waals surface area contributed by atoms with Crippen molar-refractivity contribution < 1.29 is 22.3 Å². The van der Waals surface area contributed by atoms with Crippen LogP contribution in [-0.2, 0) is 14.8 Å². The molecule has 7 heteroatoms. The van der Waals surface area contributed by atoms with Gasteiger partial charge in [0.25, 0.3) is 0 Å². The monoisotopic (exact) mass is 261 g/mol. The van der Waals surface area contributed by atoms with Gasteiger partial charge in [0.2, 0.25) is 10.0 Å². The van der Waals surface area contributed by atoms with E-state index in [0.717, 1.165) is 18.2 Å². The van der Waals surface area contributed by atoms with Crippen LogP contribution >= 0.6 is 0 Å². The molecule has 1 rings (SSSR count). The van der Waals surface area contributed by atoms with Gasteiger partial charge in [0.05, 0.1) is 16.6 Å². The van der Waals surface area contributed by atoms with Crippen molar-refractivity contribution in [1.82, 2.24) is 0 Å². The molecule has 0 bridgehead atoms. The Morgan fingerprint density at radius 2 is 1.94 bits per heavy atom. The molecule has 0 fully saturated rings. The maximum absolute atomic E-state index is 13.1. The van der Waals surface area contributed by atoms with E-state index in [1.54, 1.807) is 13.8 Å². The smallest absolute Gasteiger partial charge is 0.338 e. The van der Waals surface area contributed by atoms with Gasteiger partial charge in [-0.1, -0.05) is 0 Å². The van der Waals surface area contributed by atoms with E-state index in [-0.39, 0.29) is 11.7 Å². The third-order valence-electron chi connectivity index (χ3n) is 1.78. The molecule has 0 aliphatic carbocycles. The van der Waals surface area contributed by atoms with Gasteiger partial charge in [0.1, 0.15) is 5.82 Å². The summed E-state index contributed by atoms with van der Waals surface area (Å²) in [5.41, 5.74) is -0.192. The Hall–Kier alpha value is -1.47. The average Bonchev–Trinajstić information content (AvgIpc) is 2.14. The van der Waals surface area contributed by atoms with Crippen LogP contribution in [0.2, 0.25) is 0 Å². The zero-order valence-corrected chi connectivity index (χ0v) is 10.1. The summed E-state index contributed by atoms with van der Waals surface area (Å²) in [6, 6.07) is 2.60. The molecular formula is C10H12FNO4S. The molecule has 1 aromatic carbocycles. The summed E-state index contributed by atoms with van der Waals surface area (Å²) >= 11 is 0. The minimum Gasteiger partial charge on any atom is -0.459 e. The van der Waals surface area contributed by atoms with Crippen LogP contribution in [0.25, 0.3) is 0 Å². The molecule has 0 spiro atoms. The van der Waals surface area contributed by atoms with Crippen molar-refractivity contribution in [3.8, 4) is 0 Å². The van der Waals surface area contributed by atoms with E-state index in [0.29, 0.717) is 0 Å². The predicted molar refractivity (Wildman–Crippen MR) is 58.3 cm³/mol. The van der Waals surface area contributed by atoms with Crippen molar-refractivity contribution >= 4 is 16.0 Å². The van der Waals surface area contributed by atoms with Crippen LogP contribution < -0.4 is 5.14 Å². The van der Waals surface area contributed by atoms with Crippen LogP contribution in [-0.4, -0.2) is 20.5 Å². The predicted octanol–water partition coefficient (Wildman–Crippen LogP) is 1.04. The quantitative estimate of drug-likeness (QED) is 0.823. The first-order chi connectivity index (χ1) is 7.70. The maximum Gasteiger partial charge on any atom is 0.338 e. The molecule has 0 radical (unpaired) electrons. The highest BCUT2D eigenvalue weighted by molar-refractivity contribution is 7.89. The number of carbonyl (C=O) groups excluding carboxylic acids is 1. The highest BCUT2D eigenvalue weighted by Gasteiger charge is 2.16. The minimum atomic E-state index is -4.06. The number of nitrogens with two attached hydrogens (primary N) is 1. The fourth-order valence-electron chi connectivity index (χ4n) is 1.13. The Morgan fingerprint density at radius 1 is 1.35 bits per heavy atom. The lowest BCUT2D eigenvalue weighted by Crippen LogP contribution is -2.16. The molecule has 17 heavy (non-hydrogen) atoms. The number of hydrogen-bond acceptors (Lipinski definition) is 4. The van der Waals surface area contributed by atoms with Gasteiger partial charge in [-0.05, 0) is 32.0 Å². The van der Waals surface area contributed by atoms with Crippen LogP contribution in [0.3, 0.4) is 0 Å². The second kappa shape index (κ2) is 4.80. The van der Waals surface area contributed by atoms with Crippen LogP contribution in [0.4, 0.5) is 4.39 Å². The lowest BCUT2D eigenvalue weighted by atomic mass is 10.2. The maximum atomic E-state index is 13.1. The third kappa shape index (κ3) is 3.79. The standard InChI is InChI=1S/C10H12FNO4S/c1-6(2)16-10(13)7-3-8(11)5-9(4-7)17(12,14)15/h3-6H,1-2H3,(H2,12,14,15). The summed E-state index contributed by atoms with van der Waals surface area (Å²) in [7, 11) is -4.06. The first-order valence-corrected chi connectivity index (χ1v) is 6.29. The molecule has 1 aromatic rings. The highest BCUT2D eigenvalue weighted by Crippen LogP contribution is 2.14.